The van der Waals surface area contributed by atoms with Gasteiger partial charge in [-0.05, 0) is 6.07 Å². The normalized spacial score (nSPS) is 11.9. The maximum atomic E-state index is 12.3. The first-order valence-corrected chi connectivity index (χ1v) is 3.97. The van der Waals surface area contributed by atoms with E-state index in [1.807, 2.05) is 0 Å². The maximum absolute atomic E-state index is 12.3. The molecule has 0 aliphatic rings. The summed E-state index contributed by atoms with van der Waals surface area (Å²) in [5, 5.41) is 17.4. The molecule has 4 nitrogen and oxygen atoms in total. The maximum Gasteiger partial charge on any atom is 0.433 e. The number of hydrogen-bond donors (Lipinski definition) is 2. The highest BCUT2D eigenvalue weighted by atomic mass is 19.4. The van der Waals surface area contributed by atoms with Crippen LogP contribution in [0.15, 0.2) is 6.07 Å². The fourth-order valence-electron chi connectivity index (χ4n) is 1.07. The lowest BCUT2D eigenvalue weighted by Crippen LogP contribution is -2.15. The number of rotatable bonds is 2. The molecule has 0 aliphatic heterocycles. The Morgan fingerprint density at radius 2 is 1.88 bits per heavy atom. The van der Waals surface area contributed by atoms with Crippen LogP contribution in [0.25, 0.3) is 0 Å². The van der Waals surface area contributed by atoms with Crippen LogP contribution < -0.4 is 0 Å². The number of nitrogens with zero attached hydrogens (tertiary/aromatic N) is 1. The van der Waals surface area contributed by atoms with Crippen LogP contribution in [0.2, 0.25) is 0 Å². The van der Waals surface area contributed by atoms with Crippen LogP contribution >= 0.6 is 0 Å². The van der Waals surface area contributed by atoms with Gasteiger partial charge < -0.3 is 10.2 Å². The predicted octanol–water partition coefficient (Wildman–Crippen LogP) is 2.44. The molecule has 17 heavy (non-hydrogen) atoms. The van der Waals surface area contributed by atoms with Gasteiger partial charge in [0.05, 0.1) is 5.56 Å². The second kappa shape index (κ2) is 4.15. The Morgan fingerprint density at radius 3 is 2.24 bits per heavy atom. The molecule has 1 aromatic heterocycles. The minimum absolute atomic E-state index is 0.0456. The molecule has 0 saturated heterocycles. The molecule has 0 aliphatic carbocycles. The molecule has 94 valence electrons. The van der Waals surface area contributed by atoms with E-state index < -0.39 is 41.3 Å². The van der Waals surface area contributed by atoms with Gasteiger partial charge in [0.15, 0.2) is 11.4 Å². The quantitative estimate of drug-likeness (QED) is 0.798. The van der Waals surface area contributed by atoms with Crippen molar-refractivity contribution in [1.82, 2.24) is 4.98 Å². The van der Waals surface area contributed by atoms with E-state index in [0.717, 1.165) is 0 Å². The Hall–Kier alpha value is -1.93. The fraction of sp³-hybridized carbons (Fsp3) is 0.250. The van der Waals surface area contributed by atoms with Gasteiger partial charge in [0.2, 0.25) is 0 Å². The molecular weight excluding hydrogens is 253 g/mol. The molecule has 0 amide bonds. The van der Waals surface area contributed by atoms with Crippen molar-refractivity contribution in [2.24, 2.45) is 0 Å². The number of hydrogen-bond acceptors (Lipinski definition) is 3. The van der Waals surface area contributed by atoms with Crippen LogP contribution in [0.1, 0.15) is 28.2 Å². The van der Waals surface area contributed by atoms with Gasteiger partial charge in [-0.25, -0.2) is 18.6 Å². The Bertz CT molecular complexity index is 457. The Balaban J connectivity index is 3.54. The topological polar surface area (TPSA) is 70.4 Å². The summed E-state index contributed by atoms with van der Waals surface area (Å²) in [7, 11) is 0. The van der Waals surface area contributed by atoms with Gasteiger partial charge in [0.1, 0.15) is 5.75 Å². The van der Waals surface area contributed by atoms with Crippen molar-refractivity contribution in [2.75, 3.05) is 0 Å². The van der Waals surface area contributed by atoms with Crippen molar-refractivity contribution in [2.45, 2.75) is 12.6 Å². The van der Waals surface area contributed by atoms with Gasteiger partial charge in [-0.2, -0.15) is 13.2 Å². The smallest absolute Gasteiger partial charge is 0.433 e. The van der Waals surface area contributed by atoms with Gasteiger partial charge in [0.25, 0.3) is 6.43 Å². The number of pyridine rings is 1. The Labute approximate surface area is 90.3 Å². The molecule has 1 rings (SSSR count). The average Bonchev–Trinajstić information content (AvgIpc) is 2.14. The van der Waals surface area contributed by atoms with Crippen molar-refractivity contribution in [3.05, 3.63) is 23.0 Å². The van der Waals surface area contributed by atoms with Crippen LogP contribution in [0.3, 0.4) is 0 Å². The SMILES string of the molecule is O=C(O)c1nc(C(F)(F)F)c(C(F)F)cc1O. The van der Waals surface area contributed by atoms with Gasteiger partial charge in [-0.3, -0.25) is 0 Å². The first-order valence-electron chi connectivity index (χ1n) is 3.97. The summed E-state index contributed by atoms with van der Waals surface area (Å²) in [5.41, 5.74) is -4.93. The van der Waals surface area contributed by atoms with Gasteiger partial charge >= 0.3 is 12.1 Å². The molecule has 0 radical (unpaired) electrons. The molecule has 0 spiro atoms. The van der Waals surface area contributed by atoms with Crippen LogP contribution in [0, 0.1) is 0 Å². The molecule has 0 aromatic carbocycles. The summed E-state index contributed by atoms with van der Waals surface area (Å²) < 4.78 is 61.5. The predicted molar refractivity (Wildman–Crippen MR) is 42.8 cm³/mol. The number of alkyl halides is 5. The zero-order valence-corrected chi connectivity index (χ0v) is 7.79. The van der Waals surface area contributed by atoms with E-state index in [-0.39, 0.29) is 6.07 Å². The number of carboxylic acid groups (broad SMARTS) is 1. The molecular formula is C8H4F5NO3. The minimum Gasteiger partial charge on any atom is -0.505 e. The lowest BCUT2D eigenvalue weighted by molar-refractivity contribution is -0.143. The van der Waals surface area contributed by atoms with E-state index in [9.17, 15) is 26.7 Å². The van der Waals surface area contributed by atoms with E-state index in [1.54, 1.807) is 0 Å². The third kappa shape index (κ3) is 2.60. The van der Waals surface area contributed by atoms with E-state index in [1.165, 1.54) is 0 Å². The number of halogens is 5. The molecule has 0 unspecified atom stereocenters. The third-order valence-corrected chi connectivity index (χ3v) is 1.74. The monoisotopic (exact) mass is 257 g/mol. The standard InChI is InChI=1S/C8H4F5NO3/c9-6(10)2-1-3(15)4(7(16)17)14-5(2)8(11,12)13/h1,6,15H,(H,16,17). The van der Waals surface area contributed by atoms with Crippen molar-refractivity contribution >= 4 is 5.97 Å². The van der Waals surface area contributed by atoms with Crippen molar-refractivity contribution in [3.8, 4) is 5.75 Å². The molecule has 0 atom stereocenters. The second-order valence-electron chi connectivity index (χ2n) is 2.90. The molecule has 2 N–H and O–H groups in total. The van der Waals surface area contributed by atoms with Crippen LogP contribution in [0.5, 0.6) is 5.75 Å². The zero-order chi connectivity index (χ0) is 13.4. The molecule has 9 heteroatoms. The molecule has 1 heterocycles. The summed E-state index contributed by atoms with van der Waals surface area (Å²) in [5.74, 6) is -3.20. The lowest BCUT2D eigenvalue weighted by Gasteiger charge is -2.12. The largest absolute Gasteiger partial charge is 0.505 e. The van der Waals surface area contributed by atoms with Crippen molar-refractivity contribution in [3.63, 3.8) is 0 Å². The lowest BCUT2D eigenvalue weighted by atomic mass is 10.1. The van der Waals surface area contributed by atoms with Gasteiger partial charge in [0, 0.05) is 0 Å². The van der Waals surface area contributed by atoms with E-state index >= 15 is 0 Å². The average molecular weight is 257 g/mol. The molecule has 0 fully saturated rings. The number of carboxylic acids is 1. The summed E-state index contributed by atoms with van der Waals surface area (Å²) >= 11 is 0. The zero-order valence-electron chi connectivity index (χ0n) is 7.79. The van der Waals surface area contributed by atoms with Gasteiger partial charge in [-0.1, -0.05) is 0 Å². The number of aromatic nitrogens is 1. The van der Waals surface area contributed by atoms with E-state index in [4.69, 9.17) is 10.2 Å². The summed E-state index contributed by atoms with van der Waals surface area (Å²) in [4.78, 5) is 12.9. The van der Waals surface area contributed by atoms with Gasteiger partial charge in [-0.15, -0.1) is 0 Å². The molecule has 0 saturated carbocycles. The number of aromatic carboxylic acids is 1. The first-order chi connectivity index (χ1) is 7.64. The van der Waals surface area contributed by atoms with Crippen LogP contribution in [0.4, 0.5) is 22.0 Å². The van der Waals surface area contributed by atoms with Crippen molar-refractivity contribution < 1.29 is 37.0 Å². The van der Waals surface area contributed by atoms with Crippen molar-refractivity contribution in [1.29, 1.82) is 0 Å². The summed E-state index contributed by atoms with van der Waals surface area (Å²) in [6.07, 6.45) is -8.77. The summed E-state index contributed by atoms with van der Waals surface area (Å²) in [6, 6.07) is 0.0456. The second-order valence-corrected chi connectivity index (χ2v) is 2.90. The Kier molecular flexibility index (Phi) is 3.21. The fourth-order valence-corrected chi connectivity index (χ4v) is 1.07. The summed E-state index contributed by atoms with van der Waals surface area (Å²) in [6.45, 7) is 0. The molecule has 1 aromatic rings. The van der Waals surface area contributed by atoms with E-state index in [2.05, 4.69) is 4.98 Å². The minimum atomic E-state index is -5.23. The highest BCUT2D eigenvalue weighted by Crippen LogP contribution is 2.37. The number of carbonyl (C=O) groups is 1. The molecule has 0 bridgehead atoms. The number of aromatic hydroxyl groups is 1. The van der Waals surface area contributed by atoms with Crippen LogP contribution in [-0.2, 0) is 6.18 Å². The van der Waals surface area contributed by atoms with Crippen LogP contribution in [-0.4, -0.2) is 21.2 Å². The highest BCUT2D eigenvalue weighted by molar-refractivity contribution is 5.88. The Morgan fingerprint density at radius 1 is 1.35 bits per heavy atom. The highest BCUT2D eigenvalue weighted by Gasteiger charge is 2.39. The third-order valence-electron chi connectivity index (χ3n) is 1.74. The van der Waals surface area contributed by atoms with E-state index in [0.29, 0.717) is 0 Å². The first kappa shape index (κ1) is 13.1.